The van der Waals surface area contributed by atoms with E-state index in [1.54, 1.807) is 0 Å². The van der Waals surface area contributed by atoms with Gasteiger partial charge in [0.15, 0.2) is 0 Å². The summed E-state index contributed by atoms with van der Waals surface area (Å²) in [6, 6.07) is 4.82. The first kappa shape index (κ1) is 23.4. The minimum Gasteiger partial charge on any atom is -0.544 e. The van der Waals surface area contributed by atoms with E-state index in [4.69, 9.17) is 4.43 Å². The summed E-state index contributed by atoms with van der Waals surface area (Å²) in [4.78, 5) is 0. The second kappa shape index (κ2) is 7.13. The van der Waals surface area contributed by atoms with Gasteiger partial charge in [0, 0.05) is 4.66 Å². The standard InChI is InChI=1S/C24H42OSi3/c1-19-17-20(23(2,3)4)22(25-27(8,9)10)21(18-19)28(11,12)24(26(5,6)7)15-13-14-16-24/h13-18H,1-12H3. The van der Waals surface area contributed by atoms with Crippen LogP contribution in [-0.4, -0.2) is 24.5 Å². The van der Waals surface area contributed by atoms with Crippen LogP contribution in [0.25, 0.3) is 0 Å². The summed E-state index contributed by atoms with van der Waals surface area (Å²) in [6.45, 7) is 28.9. The molecule has 0 aliphatic heterocycles. The molecule has 0 fully saturated rings. The largest absolute Gasteiger partial charge is 0.544 e. The maximum Gasteiger partial charge on any atom is 0.242 e. The molecule has 0 bridgehead atoms. The van der Waals surface area contributed by atoms with Gasteiger partial charge >= 0.3 is 0 Å². The van der Waals surface area contributed by atoms with E-state index in [0.717, 1.165) is 0 Å². The Morgan fingerprint density at radius 1 is 0.821 bits per heavy atom. The molecular weight excluding hydrogens is 389 g/mol. The molecule has 0 N–H and O–H groups in total. The maximum absolute atomic E-state index is 6.89. The lowest BCUT2D eigenvalue weighted by molar-refractivity contribution is 0.511. The fraction of sp³-hybridized carbons (Fsp3) is 0.583. The van der Waals surface area contributed by atoms with Gasteiger partial charge in [0.05, 0.1) is 16.1 Å². The van der Waals surface area contributed by atoms with Crippen LogP contribution in [0, 0.1) is 6.92 Å². The zero-order valence-electron chi connectivity index (χ0n) is 20.4. The van der Waals surface area contributed by atoms with Gasteiger partial charge in [-0.2, -0.15) is 0 Å². The van der Waals surface area contributed by atoms with Crippen LogP contribution in [-0.2, 0) is 5.41 Å². The summed E-state index contributed by atoms with van der Waals surface area (Å²) < 4.78 is 7.10. The Morgan fingerprint density at radius 3 is 1.71 bits per heavy atom. The topological polar surface area (TPSA) is 9.23 Å². The van der Waals surface area contributed by atoms with Crippen molar-refractivity contribution in [3.05, 3.63) is 47.6 Å². The first-order valence-corrected chi connectivity index (χ1v) is 20.5. The number of hydrogen-bond acceptors (Lipinski definition) is 1. The first-order valence-electron chi connectivity index (χ1n) is 10.6. The lowest BCUT2D eigenvalue weighted by Crippen LogP contribution is -2.61. The molecule has 0 atom stereocenters. The van der Waals surface area contributed by atoms with Crippen molar-refractivity contribution in [2.45, 2.75) is 90.1 Å². The third-order valence-corrected chi connectivity index (χ3v) is 18.1. The molecule has 1 nitrogen and oxygen atoms in total. The number of allylic oxidation sites excluding steroid dienone is 4. The third-order valence-electron chi connectivity index (χ3n) is 6.23. The second-order valence-corrected chi connectivity index (χ2v) is 27.0. The van der Waals surface area contributed by atoms with E-state index in [1.807, 2.05) is 0 Å². The van der Waals surface area contributed by atoms with E-state index in [1.165, 1.54) is 22.1 Å². The Bertz CT molecular complexity index is 785. The van der Waals surface area contributed by atoms with Crippen LogP contribution < -0.4 is 9.61 Å². The summed E-state index contributed by atoms with van der Waals surface area (Å²) >= 11 is 0. The van der Waals surface area contributed by atoms with Gasteiger partial charge in [0.25, 0.3) is 0 Å². The number of rotatable bonds is 5. The van der Waals surface area contributed by atoms with Crippen molar-refractivity contribution in [1.82, 2.24) is 0 Å². The Morgan fingerprint density at radius 2 is 1.32 bits per heavy atom. The average molecular weight is 431 g/mol. The molecular formula is C24H42OSi3. The average Bonchev–Trinajstić information content (AvgIpc) is 2.97. The van der Waals surface area contributed by atoms with Crippen molar-refractivity contribution in [2.75, 3.05) is 0 Å². The number of benzene rings is 1. The van der Waals surface area contributed by atoms with E-state index in [9.17, 15) is 0 Å². The summed E-state index contributed by atoms with van der Waals surface area (Å²) in [6.07, 6.45) is 9.63. The lowest BCUT2D eigenvalue weighted by Gasteiger charge is -2.50. The van der Waals surface area contributed by atoms with Gasteiger partial charge in [-0.05, 0) is 42.7 Å². The number of aryl methyl sites for hydroxylation is 1. The summed E-state index contributed by atoms with van der Waals surface area (Å²) in [5.41, 5.74) is 2.80. The zero-order valence-corrected chi connectivity index (χ0v) is 23.4. The normalized spacial score (nSPS) is 17.3. The number of hydrogen-bond donors (Lipinski definition) is 0. The predicted molar refractivity (Wildman–Crippen MR) is 135 cm³/mol. The van der Waals surface area contributed by atoms with E-state index < -0.39 is 24.5 Å². The van der Waals surface area contributed by atoms with Crippen molar-refractivity contribution in [2.24, 2.45) is 0 Å². The van der Waals surface area contributed by atoms with Crippen molar-refractivity contribution in [3.8, 4) is 5.75 Å². The molecule has 1 aromatic carbocycles. The molecule has 1 aliphatic rings. The molecule has 1 aromatic rings. The molecule has 0 radical (unpaired) electrons. The smallest absolute Gasteiger partial charge is 0.242 e. The van der Waals surface area contributed by atoms with Crippen LogP contribution in [0.15, 0.2) is 36.4 Å². The Balaban J connectivity index is 2.88. The summed E-state index contributed by atoms with van der Waals surface area (Å²) in [5, 5.41) is 1.51. The van der Waals surface area contributed by atoms with Crippen LogP contribution >= 0.6 is 0 Å². The van der Waals surface area contributed by atoms with Crippen LogP contribution in [0.2, 0.25) is 57.0 Å². The molecule has 156 valence electrons. The van der Waals surface area contributed by atoms with E-state index in [2.05, 4.69) is 117 Å². The highest BCUT2D eigenvalue weighted by Gasteiger charge is 2.54. The van der Waals surface area contributed by atoms with Crippen molar-refractivity contribution in [1.29, 1.82) is 0 Å². The van der Waals surface area contributed by atoms with Gasteiger partial charge in [-0.1, -0.05) is 95.5 Å². The molecule has 2 rings (SSSR count). The molecule has 0 spiro atoms. The molecule has 1 aliphatic carbocycles. The Hall–Kier alpha value is -0.849. The fourth-order valence-corrected chi connectivity index (χ4v) is 17.6. The highest BCUT2D eigenvalue weighted by atomic mass is 28.4. The van der Waals surface area contributed by atoms with Crippen molar-refractivity contribution in [3.63, 3.8) is 0 Å². The monoisotopic (exact) mass is 430 g/mol. The summed E-state index contributed by atoms with van der Waals surface area (Å²) in [7, 11) is -5.19. The molecule has 0 heterocycles. The molecule has 28 heavy (non-hydrogen) atoms. The maximum atomic E-state index is 6.89. The predicted octanol–water partition coefficient (Wildman–Crippen LogP) is 7.17. The zero-order chi connectivity index (χ0) is 21.8. The molecule has 0 saturated heterocycles. The fourth-order valence-electron chi connectivity index (χ4n) is 4.76. The minimum absolute atomic E-state index is 0.0634. The van der Waals surface area contributed by atoms with Gasteiger partial charge < -0.3 is 4.43 Å². The van der Waals surface area contributed by atoms with Gasteiger partial charge in [-0.3, -0.25) is 0 Å². The van der Waals surface area contributed by atoms with Crippen LogP contribution in [0.4, 0.5) is 0 Å². The highest BCUT2D eigenvalue weighted by Crippen LogP contribution is 2.52. The van der Waals surface area contributed by atoms with Crippen LogP contribution in [0.1, 0.15) is 31.9 Å². The quantitative estimate of drug-likeness (QED) is 0.450. The Labute approximate surface area is 177 Å². The van der Waals surface area contributed by atoms with E-state index in [0.29, 0.717) is 0 Å². The molecule has 0 saturated carbocycles. The molecule has 0 amide bonds. The lowest BCUT2D eigenvalue weighted by atomic mass is 9.85. The molecule has 4 heteroatoms. The SMILES string of the molecule is Cc1cc(C(C)(C)C)c(O[Si](C)(C)C)c([Si](C)(C)C2([Si](C)(C)C)C=CC=C2)c1. The van der Waals surface area contributed by atoms with Gasteiger partial charge in [0.1, 0.15) is 5.75 Å². The van der Waals surface area contributed by atoms with Gasteiger partial charge in [-0.15, -0.1) is 0 Å². The third kappa shape index (κ3) is 4.19. The van der Waals surface area contributed by atoms with E-state index in [-0.39, 0.29) is 10.1 Å². The highest BCUT2D eigenvalue weighted by molar-refractivity contribution is 7.07. The van der Waals surface area contributed by atoms with Crippen molar-refractivity contribution >= 4 is 29.7 Å². The van der Waals surface area contributed by atoms with Crippen LogP contribution in [0.5, 0.6) is 5.75 Å². The van der Waals surface area contributed by atoms with Crippen molar-refractivity contribution < 1.29 is 4.43 Å². The molecule has 0 aromatic heterocycles. The first-order chi connectivity index (χ1) is 12.4. The second-order valence-electron chi connectivity index (χ2n) is 12.1. The minimum atomic E-state index is -1.93. The van der Waals surface area contributed by atoms with Crippen LogP contribution in [0.3, 0.4) is 0 Å². The van der Waals surface area contributed by atoms with Gasteiger partial charge in [-0.25, -0.2) is 0 Å². The van der Waals surface area contributed by atoms with E-state index >= 15 is 0 Å². The molecule has 0 unspecified atom stereocenters. The summed E-state index contributed by atoms with van der Waals surface area (Å²) in [5.74, 6) is 1.21. The van der Waals surface area contributed by atoms with Gasteiger partial charge in [0.2, 0.25) is 8.32 Å². The Kier molecular flexibility index (Phi) is 5.97.